The highest BCUT2D eigenvalue weighted by molar-refractivity contribution is 5.94. The van der Waals surface area contributed by atoms with Gasteiger partial charge in [-0.1, -0.05) is 20.3 Å². The van der Waals surface area contributed by atoms with Crippen LogP contribution in [0.3, 0.4) is 0 Å². The predicted molar refractivity (Wildman–Crippen MR) is 75.5 cm³/mol. The van der Waals surface area contributed by atoms with Gasteiger partial charge in [-0.2, -0.15) is 0 Å². The van der Waals surface area contributed by atoms with Gasteiger partial charge >= 0.3 is 0 Å². The van der Waals surface area contributed by atoms with Crippen LogP contribution in [0.2, 0.25) is 0 Å². The number of hydrogen-bond acceptors (Lipinski definition) is 4. The van der Waals surface area contributed by atoms with Gasteiger partial charge in [0.1, 0.15) is 5.82 Å². The lowest BCUT2D eigenvalue weighted by Gasteiger charge is -2.21. The molecule has 2 rings (SSSR count). The number of hydrogen-bond donors (Lipinski definition) is 3. The molecule has 19 heavy (non-hydrogen) atoms. The number of carbonyl (C=O) groups is 1. The molecule has 0 spiro atoms. The lowest BCUT2D eigenvalue weighted by Crippen LogP contribution is -2.37. The van der Waals surface area contributed by atoms with E-state index in [2.05, 4.69) is 29.6 Å². The van der Waals surface area contributed by atoms with Crippen LogP contribution in [0.5, 0.6) is 0 Å². The van der Waals surface area contributed by atoms with E-state index in [1.165, 1.54) is 12.8 Å². The van der Waals surface area contributed by atoms with Crippen LogP contribution in [0.4, 0.5) is 5.82 Å². The smallest absolute Gasteiger partial charge is 0.253 e. The van der Waals surface area contributed by atoms with E-state index in [0.717, 1.165) is 12.3 Å². The average Bonchev–Trinajstić information content (AvgIpc) is 2.79. The van der Waals surface area contributed by atoms with Crippen LogP contribution < -0.4 is 16.6 Å². The summed E-state index contributed by atoms with van der Waals surface area (Å²) in [6, 6.07) is 3.71. The van der Waals surface area contributed by atoms with E-state index in [0.29, 0.717) is 17.3 Å². The maximum Gasteiger partial charge on any atom is 0.253 e. The number of hydrazine groups is 1. The fourth-order valence-electron chi connectivity index (χ4n) is 2.89. The highest BCUT2D eigenvalue weighted by Crippen LogP contribution is 2.33. The molecule has 1 aliphatic carbocycles. The van der Waals surface area contributed by atoms with Gasteiger partial charge in [-0.05, 0) is 36.8 Å². The van der Waals surface area contributed by atoms with Crippen molar-refractivity contribution in [2.75, 3.05) is 5.43 Å². The van der Waals surface area contributed by atoms with Crippen molar-refractivity contribution in [2.24, 2.45) is 17.7 Å². The van der Waals surface area contributed by atoms with Crippen LogP contribution in [0.1, 0.15) is 43.5 Å². The number of pyridine rings is 1. The number of anilines is 1. The van der Waals surface area contributed by atoms with Crippen LogP contribution in [0.15, 0.2) is 18.3 Å². The molecule has 1 heterocycles. The fraction of sp³-hybridized carbons (Fsp3) is 0.571. The summed E-state index contributed by atoms with van der Waals surface area (Å²) in [6.07, 6.45) is 5.01. The Hall–Kier alpha value is -1.62. The number of carbonyl (C=O) groups excluding carboxylic acids is 1. The zero-order valence-electron chi connectivity index (χ0n) is 11.5. The minimum absolute atomic E-state index is 0.0512. The van der Waals surface area contributed by atoms with Crippen molar-refractivity contribution in [3.05, 3.63) is 23.9 Å². The molecule has 1 aromatic rings. The monoisotopic (exact) mass is 262 g/mol. The molecular weight excluding hydrogens is 240 g/mol. The number of nitrogens with zero attached hydrogens (tertiary/aromatic N) is 1. The molecule has 4 N–H and O–H groups in total. The van der Waals surface area contributed by atoms with E-state index in [4.69, 9.17) is 5.84 Å². The van der Waals surface area contributed by atoms with Crippen molar-refractivity contribution in [1.29, 1.82) is 0 Å². The number of nitrogens with one attached hydrogen (secondary N) is 2. The molecule has 0 bridgehead atoms. The lowest BCUT2D eigenvalue weighted by molar-refractivity contribution is 0.0926. The minimum atomic E-state index is -0.0512. The molecule has 1 saturated carbocycles. The van der Waals surface area contributed by atoms with Gasteiger partial charge in [-0.3, -0.25) is 4.79 Å². The summed E-state index contributed by atoms with van der Waals surface area (Å²) in [5.74, 6) is 7.02. The lowest BCUT2D eigenvalue weighted by atomic mass is 9.93. The first-order chi connectivity index (χ1) is 9.15. The summed E-state index contributed by atoms with van der Waals surface area (Å²) in [4.78, 5) is 16.2. The molecule has 5 nitrogen and oxygen atoms in total. The predicted octanol–water partition coefficient (Wildman–Crippen LogP) is 1.92. The normalized spacial score (nSPS) is 26.2. The molecule has 104 valence electrons. The molecule has 1 aliphatic rings. The highest BCUT2D eigenvalue weighted by atomic mass is 16.1. The van der Waals surface area contributed by atoms with E-state index < -0.39 is 0 Å². The van der Waals surface area contributed by atoms with E-state index in [9.17, 15) is 4.79 Å². The zero-order valence-corrected chi connectivity index (χ0v) is 11.5. The molecule has 0 aliphatic heterocycles. The molecule has 5 heteroatoms. The van der Waals surface area contributed by atoms with Crippen LogP contribution in [0.25, 0.3) is 0 Å². The second kappa shape index (κ2) is 6.02. The number of nitrogen functional groups attached to an aromatic ring is 1. The number of nitrogens with two attached hydrogens (primary N) is 1. The standard InChI is InChI=1S/C14H22N4O/c1-3-10-4-6-12(9(10)2)17-14(19)11-5-7-13(18-15)16-8-11/h5,7-10,12H,3-4,6,15H2,1-2H3,(H,16,18)(H,17,19). The Morgan fingerprint density at radius 2 is 2.26 bits per heavy atom. The first kappa shape index (κ1) is 13.8. The van der Waals surface area contributed by atoms with E-state index >= 15 is 0 Å². The molecule has 1 amide bonds. The average molecular weight is 262 g/mol. The van der Waals surface area contributed by atoms with Crippen molar-refractivity contribution in [1.82, 2.24) is 10.3 Å². The highest BCUT2D eigenvalue weighted by Gasteiger charge is 2.32. The molecule has 3 atom stereocenters. The van der Waals surface area contributed by atoms with Crippen LogP contribution >= 0.6 is 0 Å². The Balaban J connectivity index is 1.97. The van der Waals surface area contributed by atoms with Crippen LogP contribution in [-0.4, -0.2) is 16.9 Å². The quantitative estimate of drug-likeness (QED) is 0.572. The van der Waals surface area contributed by atoms with Gasteiger partial charge in [-0.15, -0.1) is 0 Å². The Bertz CT molecular complexity index is 432. The van der Waals surface area contributed by atoms with Gasteiger partial charge in [0, 0.05) is 12.2 Å². The molecule has 0 aromatic carbocycles. The first-order valence-electron chi connectivity index (χ1n) is 6.89. The van der Waals surface area contributed by atoms with Crippen molar-refractivity contribution in [2.45, 2.75) is 39.2 Å². The summed E-state index contributed by atoms with van der Waals surface area (Å²) >= 11 is 0. The third kappa shape index (κ3) is 3.04. The van der Waals surface area contributed by atoms with E-state index in [1.54, 1.807) is 18.3 Å². The SMILES string of the molecule is CCC1CCC(NC(=O)c2ccc(NN)nc2)C1C. The summed E-state index contributed by atoms with van der Waals surface area (Å²) in [5.41, 5.74) is 3.02. The van der Waals surface area contributed by atoms with Gasteiger partial charge in [-0.25, -0.2) is 10.8 Å². The van der Waals surface area contributed by atoms with Crippen LogP contribution in [-0.2, 0) is 0 Å². The second-order valence-corrected chi connectivity index (χ2v) is 5.26. The third-order valence-electron chi connectivity index (χ3n) is 4.24. The van der Waals surface area contributed by atoms with E-state index in [-0.39, 0.29) is 11.9 Å². The number of aromatic nitrogens is 1. The summed E-state index contributed by atoms with van der Waals surface area (Å²) < 4.78 is 0. The largest absolute Gasteiger partial charge is 0.349 e. The summed E-state index contributed by atoms with van der Waals surface area (Å²) in [6.45, 7) is 4.44. The topological polar surface area (TPSA) is 80.0 Å². The van der Waals surface area contributed by atoms with Crippen molar-refractivity contribution < 1.29 is 4.79 Å². The Labute approximate surface area is 114 Å². The minimum Gasteiger partial charge on any atom is -0.349 e. The first-order valence-corrected chi connectivity index (χ1v) is 6.89. The van der Waals surface area contributed by atoms with E-state index in [1.807, 2.05) is 0 Å². The fourth-order valence-corrected chi connectivity index (χ4v) is 2.89. The molecule has 0 radical (unpaired) electrons. The Kier molecular flexibility index (Phi) is 4.37. The van der Waals surface area contributed by atoms with Crippen molar-refractivity contribution in [3.8, 4) is 0 Å². The maximum atomic E-state index is 12.1. The van der Waals surface area contributed by atoms with Crippen molar-refractivity contribution >= 4 is 11.7 Å². The molecule has 3 unspecified atom stereocenters. The summed E-state index contributed by atoms with van der Waals surface area (Å²) in [7, 11) is 0. The Morgan fingerprint density at radius 1 is 1.47 bits per heavy atom. The number of rotatable bonds is 4. The molecule has 1 fully saturated rings. The van der Waals surface area contributed by atoms with Gasteiger partial charge in [0.05, 0.1) is 5.56 Å². The number of amides is 1. The Morgan fingerprint density at radius 3 is 2.79 bits per heavy atom. The third-order valence-corrected chi connectivity index (χ3v) is 4.24. The summed E-state index contributed by atoms with van der Waals surface area (Å²) in [5, 5.41) is 3.12. The van der Waals surface area contributed by atoms with Gasteiger partial charge in [0.25, 0.3) is 5.91 Å². The van der Waals surface area contributed by atoms with Crippen LogP contribution in [0, 0.1) is 11.8 Å². The maximum absolute atomic E-state index is 12.1. The molecule has 0 saturated heterocycles. The van der Waals surface area contributed by atoms with Gasteiger partial charge in [0.15, 0.2) is 0 Å². The van der Waals surface area contributed by atoms with Gasteiger partial charge < -0.3 is 10.7 Å². The van der Waals surface area contributed by atoms with Crippen molar-refractivity contribution in [3.63, 3.8) is 0 Å². The van der Waals surface area contributed by atoms with Gasteiger partial charge in [0.2, 0.25) is 0 Å². The molecule has 1 aromatic heterocycles. The zero-order chi connectivity index (χ0) is 13.8. The molecular formula is C14H22N4O. The second-order valence-electron chi connectivity index (χ2n) is 5.26.